The largest absolute Gasteiger partial charge is 0.480 e. The van der Waals surface area contributed by atoms with Crippen molar-refractivity contribution in [3.63, 3.8) is 0 Å². The molecule has 0 bridgehead atoms. The maximum absolute atomic E-state index is 11.4. The molecule has 7 nitrogen and oxygen atoms in total. The highest BCUT2D eigenvalue weighted by Crippen LogP contribution is 1.99. The number of aliphatic imine (C=N–C) groups is 1. The molecule has 0 heterocycles. The summed E-state index contributed by atoms with van der Waals surface area (Å²) in [5.74, 6) is -0.557. The fourth-order valence-electron chi connectivity index (χ4n) is 1.54. The molecular weight excluding hydrogens is 248 g/mol. The smallest absolute Gasteiger partial charge is 0.326 e. The van der Waals surface area contributed by atoms with Gasteiger partial charge in [0.15, 0.2) is 5.96 Å². The first-order valence-electron chi connectivity index (χ1n) is 6.45. The predicted octanol–water partition coefficient (Wildman–Crippen LogP) is -0.0691. The third-order valence-corrected chi connectivity index (χ3v) is 2.53. The Kier molecular flexibility index (Phi) is 9.20. The van der Waals surface area contributed by atoms with Gasteiger partial charge in [-0.15, -0.1) is 0 Å². The molecule has 1 atom stereocenters. The predicted molar refractivity (Wildman–Crippen MR) is 74.1 cm³/mol. The zero-order valence-electron chi connectivity index (χ0n) is 11.8. The summed E-state index contributed by atoms with van der Waals surface area (Å²) >= 11 is 0. The molecule has 7 heteroatoms. The molecule has 19 heavy (non-hydrogen) atoms. The number of rotatable bonds is 8. The molecule has 0 unspecified atom stereocenters. The average Bonchev–Trinajstić information content (AvgIpc) is 2.37. The van der Waals surface area contributed by atoms with E-state index in [1.807, 2.05) is 6.92 Å². The quantitative estimate of drug-likeness (QED) is 0.281. The Bertz CT molecular complexity index is 318. The molecule has 4 N–H and O–H groups in total. The van der Waals surface area contributed by atoms with Crippen molar-refractivity contribution in [2.45, 2.75) is 38.6 Å². The highest BCUT2D eigenvalue weighted by atomic mass is 16.4. The van der Waals surface area contributed by atoms with Crippen LogP contribution in [0.25, 0.3) is 0 Å². The van der Waals surface area contributed by atoms with E-state index >= 15 is 0 Å². The standard InChI is InChI=1S/C12H24N4O3/c1-4-6-10(17)16-9(11(18)19)7-5-8-15-12(13-2)14-3/h9H,4-8H2,1-3H3,(H,16,17)(H,18,19)(H2,13,14,15)/t9-/m0/s1. The lowest BCUT2D eigenvalue weighted by Gasteiger charge is -2.15. The van der Waals surface area contributed by atoms with Gasteiger partial charge in [0.25, 0.3) is 0 Å². The lowest BCUT2D eigenvalue weighted by Crippen LogP contribution is -2.41. The Morgan fingerprint density at radius 3 is 2.53 bits per heavy atom. The molecule has 0 aromatic carbocycles. The summed E-state index contributed by atoms with van der Waals surface area (Å²) in [6, 6.07) is -0.822. The number of carbonyl (C=O) groups excluding carboxylic acids is 1. The molecule has 0 radical (unpaired) electrons. The van der Waals surface area contributed by atoms with Gasteiger partial charge in [-0.1, -0.05) is 6.92 Å². The minimum atomic E-state index is -0.998. The summed E-state index contributed by atoms with van der Waals surface area (Å²) in [4.78, 5) is 26.3. The molecule has 1 amide bonds. The number of hydrogen-bond acceptors (Lipinski definition) is 3. The molecule has 110 valence electrons. The highest BCUT2D eigenvalue weighted by Gasteiger charge is 2.18. The van der Waals surface area contributed by atoms with Gasteiger partial charge in [0.2, 0.25) is 5.91 Å². The van der Waals surface area contributed by atoms with E-state index in [0.29, 0.717) is 38.2 Å². The van der Waals surface area contributed by atoms with Crippen molar-refractivity contribution in [2.24, 2.45) is 4.99 Å². The first kappa shape index (κ1) is 17.2. The summed E-state index contributed by atoms with van der Waals surface area (Å²) < 4.78 is 0. The number of amides is 1. The zero-order chi connectivity index (χ0) is 14.7. The lowest BCUT2D eigenvalue weighted by atomic mass is 10.1. The summed E-state index contributed by atoms with van der Waals surface area (Å²) in [6.07, 6.45) is 2.08. The van der Waals surface area contributed by atoms with Crippen LogP contribution in [0, 0.1) is 0 Å². The van der Waals surface area contributed by atoms with Crippen molar-refractivity contribution in [1.29, 1.82) is 0 Å². The minimum Gasteiger partial charge on any atom is -0.480 e. The van der Waals surface area contributed by atoms with Crippen LogP contribution in [0.3, 0.4) is 0 Å². The fourth-order valence-corrected chi connectivity index (χ4v) is 1.54. The lowest BCUT2D eigenvalue weighted by molar-refractivity contribution is -0.142. The van der Waals surface area contributed by atoms with E-state index in [2.05, 4.69) is 20.9 Å². The normalized spacial score (nSPS) is 12.7. The molecule has 0 saturated carbocycles. The number of nitrogens with zero attached hydrogens (tertiary/aromatic N) is 1. The van der Waals surface area contributed by atoms with Crippen LogP contribution >= 0.6 is 0 Å². The molecule has 0 aliphatic rings. The Morgan fingerprint density at radius 1 is 1.37 bits per heavy atom. The van der Waals surface area contributed by atoms with Gasteiger partial charge < -0.3 is 21.1 Å². The van der Waals surface area contributed by atoms with Crippen molar-refractivity contribution in [2.75, 3.05) is 20.6 Å². The van der Waals surface area contributed by atoms with Crippen LogP contribution in [-0.4, -0.2) is 49.6 Å². The summed E-state index contributed by atoms with van der Waals surface area (Å²) in [5.41, 5.74) is 0. The first-order valence-corrected chi connectivity index (χ1v) is 6.45. The van der Waals surface area contributed by atoms with Crippen LogP contribution < -0.4 is 16.0 Å². The summed E-state index contributed by atoms with van der Waals surface area (Å²) in [7, 11) is 3.41. The average molecular weight is 272 g/mol. The van der Waals surface area contributed by atoms with Crippen LogP contribution in [0.4, 0.5) is 0 Å². The van der Waals surface area contributed by atoms with Crippen LogP contribution in [0.15, 0.2) is 4.99 Å². The molecule has 0 aliphatic carbocycles. The van der Waals surface area contributed by atoms with E-state index in [4.69, 9.17) is 5.11 Å². The number of hydrogen-bond donors (Lipinski definition) is 4. The number of carbonyl (C=O) groups is 2. The van der Waals surface area contributed by atoms with Gasteiger partial charge in [0.1, 0.15) is 6.04 Å². The van der Waals surface area contributed by atoms with Crippen LogP contribution in [0.5, 0.6) is 0 Å². The Morgan fingerprint density at radius 2 is 2.05 bits per heavy atom. The first-order chi connectivity index (χ1) is 9.04. The van der Waals surface area contributed by atoms with E-state index in [1.54, 1.807) is 14.1 Å². The molecule has 0 aromatic rings. The number of guanidine groups is 1. The van der Waals surface area contributed by atoms with Crippen LogP contribution in [0.2, 0.25) is 0 Å². The van der Waals surface area contributed by atoms with E-state index in [0.717, 1.165) is 0 Å². The molecule has 0 aliphatic heterocycles. The molecular formula is C12H24N4O3. The second kappa shape index (κ2) is 10.2. The summed E-state index contributed by atoms with van der Waals surface area (Å²) in [5, 5.41) is 17.4. The van der Waals surface area contributed by atoms with Gasteiger partial charge in [-0.05, 0) is 19.3 Å². The Hall–Kier alpha value is -1.79. The monoisotopic (exact) mass is 272 g/mol. The number of carboxylic acid groups (broad SMARTS) is 1. The maximum atomic E-state index is 11.4. The maximum Gasteiger partial charge on any atom is 0.326 e. The third-order valence-electron chi connectivity index (χ3n) is 2.53. The second-order valence-corrected chi connectivity index (χ2v) is 4.10. The molecule has 0 fully saturated rings. The fraction of sp³-hybridized carbons (Fsp3) is 0.750. The summed E-state index contributed by atoms with van der Waals surface area (Å²) in [6.45, 7) is 2.48. The van der Waals surface area contributed by atoms with Gasteiger partial charge in [-0.3, -0.25) is 9.79 Å². The molecule has 0 rings (SSSR count). The molecule has 0 spiro atoms. The van der Waals surface area contributed by atoms with Crippen LogP contribution in [-0.2, 0) is 9.59 Å². The SMILES string of the molecule is CCCC(=O)N[C@@H](CCCNC(=NC)NC)C(=O)O. The topological polar surface area (TPSA) is 103 Å². The van der Waals surface area contributed by atoms with Gasteiger partial charge in [-0.2, -0.15) is 0 Å². The Labute approximate surface area is 113 Å². The molecule has 0 saturated heterocycles. The van der Waals surface area contributed by atoms with E-state index in [9.17, 15) is 9.59 Å². The number of nitrogens with one attached hydrogen (secondary N) is 3. The number of aliphatic carboxylic acids is 1. The number of carboxylic acids is 1. The van der Waals surface area contributed by atoms with Crippen molar-refractivity contribution < 1.29 is 14.7 Å². The van der Waals surface area contributed by atoms with Gasteiger partial charge >= 0.3 is 5.97 Å². The minimum absolute atomic E-state index is 0.214. The van der Waals surface area contributed by atoms with E-state index in [-0.39, 0.29) is 5.91 Å². The Balaban J connectivity index is 4.02. The van der Waals surface area contributed by atoms with Crippen molar-refractivity contribution in [3.05, 3.63) is 0 Å². The van der Waals surface area contributed by atoms with Gasteiger partial charge in [0, 0.05) is 27.1 Å². The van der Waals surface area contributed by atoms with Gasteiger partial charge in [0.05, 0.1) is 0 Å². The third kappa shape index (κ3) is 8.01. The van der Waals surface area contributed by atoms with Crippen molar-refractivity contribution >= 4 is 17.8 Å². The molecule has 0 aromatic heterocycles. The van der Waals surface area contributed by atoms with Gasteiger partial charge in [-0.25, -0.2) is 4.79 Å². The highest BCUT2D eigenvalue weighted by molar-refractivity contribution is 5.83. The zero-order valence-corrected chi connectivity index (χ0v) is 11.8. The van der Waals surface area contributed by atoms with Crippen molar-refractivity contribution in [3.8, 4) is 0 Å². The van der Waals surface area contributed by atoms with E-state index in [1.165, 1.54) is 0 Å². The van der Waals surface area contributed by atoms with Crippen molar-refractivity contribution in [1.82, 2.24) is 16.0 Å². The second-order valence-electron chi connectivity index (χ2n) is 4.10. The van der Waals surface area contributed by atoms with Crippen LogP contribution in [0.1, 0.15) is 32.6 Å². The van der Waals surface area contributed by atoms with E-state index < -0.39 is 12.0 Å².